The van der Waals surface area contributed by atoms with Crippen molar-refractivity contribution in [2.24, 2.45) is 0 Å². The zero-order valence-corrected chi connectivity index (χ0v) is 15.9. The van der Waals surface area contributed by atoms with Crippen molar-refractivity contribution in [2.75, 3.05) is 23.3 Å². The van der Waals surface area contributed by atoms with Crippen LogP contribution in [-0.2, 0) is 12.7 Å². The van der Waals surface area contributed by atoms with Crippen molar-refractivity contribution in [2.45, 2.75) is 32.2 Å². The van der Waals surface area contributed by atoms with Crippen molar-refractivity contribution < 1.29 is 18.3 Å². The maximum absolute atomic E-state index is 13.2. The average Bonchev–Trinajstić information content (AvgIpc) is 3.12. The highest BCUT2D eigenvalue weighted by Crippen LogP contribution is 2.33. The third-order valence-corrected chi connectivity index (χ3v) is 5.37. The standard InChI is InChI=1S/C21H21F3N4O/c1-13-14(3-2-4-19(13)21(22,23)24)10-25-20-18-9-16(28-8-7-17(29)12-28)6-5-15(18)11-26-27-20/h2-6,9,11,17,29H,7-8,10,12H2,1H3,(H,25,27). The number of nitrogens with zero attached hydrogens (tertiary/aromatic N) is 3. The fourth-order valence-corrected chi connectivity index (χ4v) is 3.73. The minimum absolute atomic E-state index is 0.201. The molecule has 1 fully saturated rings. The molecule has 0 spiro atoms. The molecule has 2 aromatic carbocycles. The predicted octanol–water partition coefficient (Wildman–Crippen LogP) is 4.14. The van der Waals surface area contributed by atoms with E-state index >= 15 is 0 Å². The molecule has 3 aromatic rings. The van der Waals surface area contributed by atoms with Crippen molar-refractivity contribution in [3.63, 3.8) is 0 Å². The molecule has 29 heavy (non-hydrogen) atoms. The number of fused-ring (bicyclic) bond motifs is 1. The van der Waals surface area contributed by atoms with Gasteiger partial charge in [0, 0.05) is 36.1 Å². The summed E-state index contributed by atoms with van der Waals surface area (Å²) in [7, 11) is 0. The van der Waals surface area contributed by atoms with Gasteiger partial charge in [0.15, 0.2) is 5.82 Å². The Bertz CT molecular complexity index is 1040. The first-order valence-electron chi connectivity index (χ1n) is 9.41. The summed E-state index contributed by atoms with van der Waals surface area (Å²) in [6.45, 7) is 3.04. The Morgan fingerprint density at radius 2 is 2.07 bits per heavy atom. The van der Waals surface area contributed by atoms with Crippen molar-refractivity contribution in [1.82, 2.24) is 10.2 Å². The van der Waals surface area contributed by atoms with Crippen LogP contribution in [0.15, 0.2) is 42.6 Å². The lowest BCUT2D eigenvalue weighted by molar-refractivity contribution is -0.138. The molecular formula is C21H21F3N4O. The van der Waals surface area contributed by atoms with Gasteiger partial charge in [-0.25, -0.2) is 0 Å². The summed E-state index contributed by atoms with van der Waals surface area (Å²) in [5.41, 5.74) is 1.10. The Kier molecular flexibility index (Phi) is 5.04. The second kappa shape index (κ2) is 7.51. The zero-order valence-electron chi connectivity index (χ0n) is 15.9. The van der Waals surface area contributed by atoms with Crippen LogP contribution in [0.5, 0.6) is 0 Å². The average molecular weight is 402 g/mol. The van der Waals surface area contributed by atoms with Crippen LogP contribution in [0.1, 0.15) is 23.1 Å². The number of β-amino-alcohol motifs (C(OH)–C–C–N with tert-alkyl or cyclic N) is 1. The molecule has 0 radical (unpaired) electrons. The Morgan fingerprint density at radius 1 is 1.24 bits per heavy atom. The summed E-state index contributed by atoms with van der Waals surface area (Å²) >= 11 is 0. The van der Waals surface area contributed by atoms with E-state index < -0.39 is 11.7 Å². The number of aromatic nitrogens is 2. The van der Waals surface area contributed by atoms with E-state index in [-0.39, 0.29) is 18.2 Å². The van der Waals surface area contributed by atoms with E-state index in [4.69, 9.17) is 0 Å². The quantitative estimate of drug-likeness (QED) is 0.687. The molecule has 1 saturated heterocycles. The lowest BCUT2D eigenvalue weighted by Gasteiger charge is -2.19. The van der Waals surface area contributed by atoms with E-state index in [0.717, 1.165) is 35.5 Å². The van der Waals surface area contributed by atoms with Gasteiger partial charge in [0.05, 0.1) is 17.9 Å². The Hall–Kier alpha value is -2.87. The SMILES string of the molecule is Cc1c(CNc2nncc3ccc(N4CCC(O)C4)cc23)cccc1C(F)(F)F. The molecule has 2 heterocycles. The van der Waals surface area contributed by atoms with Crippen LogP contribution in [0.3, 0.4) is 0 Å². The predicted molar refractivity (Wildman–Crippen MR) is 106 cm³/mol. The first-order chi connectivity index (χ1) is 13.8. The maximum Gasteiger partial charge on any atom is 0.416 e. The van der Waals surface area contributed by atoms with Crippen LogP contribution >= 0.6 is 0 Å². The largest absolute Gasteiger partial charge is 0.416 e. The number of hydrogen-bond donors (Lipinski definition) is 2. The topological polar surface area (TPSA) is 61.3 Å². The summed E-state index contributed by atoms with van der Waals surface area (Å²) in [6, 6.07) is 10.1. The minimum Gasteiger partial charge on any atom is -0.391 e. The number of aliphatic hydroxyl groups excluding tert-OH is 1. The van der Waals surface area contributed by atoms with Gasteiger partial charge in [0.1, 0.15) is 0 Å². The van der Waals surface area contributed by atoms with Crippen LogP contribution in [0.25, 0.3) is 10.8 Å². The molecule has 8 heteroatoms. The molecule has 0 aliphatic carbocycles. The maximum atomic E-state index is 13.2. The van der Waals surface area contributed by atoms with Gasteiger partial charge in [0.2, 0.25) is 0 Å². The van der Waals surface area contributed by atoms with Gasteiger partial charge in [-0.05, 0) is 42.7 Å². The van der Waals surface area contributed by atoms with Crippen molar-refractivity contribution in [1.29, 1.82) is 0 Å². The van der Waals surface area contributed by atoms with E-state index in [1.807, 2.05) is 18.2 Å². The van der Waals surface area contributed by atoms with Crippen molar-refractivity contribution in [3.8, 4) is 0 Å². The van der Waals surface area contributed by atoms with Gasteiger partial charge >= 0.3 is 6.18 Å². The molecule has 1 aliphatic heterocycles. The van der Waals surface area contributed by atoms with Gasteiger partial charge in [-0.1, -0.05) is 18.2 Å². The first kappa shape index (κ1) is 19.4. The number of aliphatic hydroxyl groups is 1. The second-order valence-corrected chi connectivity index (χ2v) is 7.29. The molecule has 152 valence electrons. The lowest BCUT2D eigenvalue weighted by atomic mass is 10.0. The lowest BCUT2D eigenvalue weighted by Crippen LogP contribution is -2.21. The van der Waals surface area contributed by atoms with Crippen LogP contribution in [0.2, 0.25) is 0 Å². The van der Waals surface area contributed by atoms with Crippen molar-refractivity contribution in [3.05, 3.63) is 59.3 Å². The molecule has 5 nitrogen and oxygen atoms in total. The number of rotatable bonds is 4. The zero-order chi connectivity index (χ0) is 20.6. The fourth-order valence-electron chi connectivity index (χ4n) is 3.73. The molecule has 1 unspecified atom stereocenters. The number of hydrogen-bond acceptors (Lipinski definition) is 5. The summed E-state index contributed by atoms with van der Waals surface area (Å²) in [5, 5.41) is 22.8. The van der Waals surface area contributed by atoms with Gasteiger partial charge in [-0.2, -0.15) is 18.3 Å². The normalized spacial score (nSPS) is 17.1. The molecule has 1 aromatic heterocycles. The summed E-state index contributed by atoms with van der Waals surface area (Å²) in [4.78, 5) is 2.10. The second-order valence-electron chi connectivity index (χ2n) is 7.29. The van der Waals surface area contributed by atoms with Gasteiger partial charge < -0.3 is 15.3 Å². The molecule has 2 N–H and O–H groups in total. The minimum atomic E-state index is -4.38. The summed E-state index contributed by atoms with van der Waals surface area (Å²) < 4.78 is 39.5. The van der Waals surface area contributed by atoms with Gasteiger partial charge in [0.25, 0.3) is 0 Å². The summed E-state index contributed by atoms with van der Waals surface area (Å²) in [5.74, 6) is 0.515. The molecule has 1 atom stereocenters. The number of nitrogens with one attached hydrogen (secondary N) is 1. The van der Waals surface area contributed by atoms with Crippen LogP contribution < -0.4 is 10.2 Å². The third kappa shape index (κ3) is 3.98. The highest BCUT2D eigenvalue weighted by molar-refractivity contribution is 5.93. The molecule has 4 rings (SSSR count). The van der Waals surface area contributed by atoms with E-state index in [1.165, 1.54) is 13.0 Å². The summed E-state index contributed by atoms with van der Waals surface area (Å²) in [6.07, 6.45) is -2.33. The number of halogens is 3. The number of benzene rings is 2. The first-order valence-corrected chi connectivity index (χ1v) is 9.41. The van der Waals surface area contributed by atoms with E-state index in [0.29, 0.717) is 17.9 Å². The third-order valence-electron chi connectivity index (χ3n) is 5.37. The Morgan fingerprint density at radius 3 is 2.79 bits per heavy atom. The highest BCUT2D eigenvalue weighted by atomic mass is 19.4. The molecule has 0 bridgehead atoms. The molecule has 0 saturated carbocycles. The monoisotopic (exact) mass is 402 g/mol. The van der Waals surface area contributed by atoms with Gasteiger partial charge in [-0.15, -0.1) is 5.10 Å². The smallest absolute Gasteiger partial charge is 0.391 e. The Balaban J connectivity index is 1.62. The molecular weight excluding hydrogens is 381 g/mol. The van der Waals surface area contributed by atoms with Crippen LogP contribution in [0.4, 0.5) is 24.7 Å². The Labute approximate surface area is 166 Å². The van der Waals surface area contributed by atoms with E-state index in [2.05, 4.69) is 20.4 Å². The van der Waals surface area contributed by atoms with Crippen LogP contribution in [0, 0.1) is 6.92 Å². The van der Waals surface area contributed by atoms with E-state index in [9.17, 15) is 18.3 Å². The van der Waals surface area contributed by atoms with Crippen LogP contribution in [-0.4, -0.2) is 34.5 Å². The highest BCUT2D eigenvalue weighted by Gasteiger charge is 2.32. The van der Waals surface area contributed by atoms with E-state index in [1.54, 1.807) is 12.3 Å². The number of anilines is 2. The molecule has 0 amide bonds. The fraction of sp³-hybridized carbons (Fsp3) is 0.333. The molecule has 1 aliphatic rings. The van der Waals surface area contributed by atoms with Gasteiger partial charge in [-0.3, -0.25) is 0 Å². The van der Waals surface area contributed by atoms with Crippen molar-refractivity contribution >= 4 is 22.3 Å². The number of alkyl halides is 3.